The first kappa shape index (κ1) is 17.2. The topological polar surface area (TPSA) is 67.2 Å². The van der Waals surface area contributed by atoms with Crippen LogP contribution >= 0.6 is 0 Å². The summed E-state index contributed by atoms with van der Waals surface area (Å²) in [5.41, 5.74) is 2.67. The lowest BCUT2D eigenvalue weighted by atomic mass is 10.1. The highest BCUT2D eigenvalue weighted by molar-refractivity contribution is 5.94. The van der Waals surface area contributed by atoms with Gasteiger partial charge >= 0.3 is 0 Å². The smallest absolute Gasteiger partial charge is 0.268 e. The molecular formula is C19H24N4O2. The summed E-state index contributed by atoms with van der Waals surface area (Å²) < 4.78 is 1.32. The van der Waals surface area contributed by atoms with Crippen molar-refractivity contribution in [3.8, 4) is 0 Å². The quantitative estimate of drug-likeness (QED) is 0.898. The molecule has 0 radical (unpaired) electrons. The molecule has 6 nitrogen and oxygen atoms in total. The van der Waals surface area contributed by atoms with Crippen molar-refractivity contribution in [1.82, 2.24) is 15.1 Å². The number of aryl methyl sites for hydroxylation is 2. The molecule has 1 amide bonds. The van der Waals surface area contributed by atoms with Crippen LogP contribution in [0.5, 0.6) is 0 Å². The highest BCUT2D eigenvalue weighted by Crippen LogP contribution is 2.21. The number of aromatic nitrogens is 2. The Morgan fingerprint density at radius 3 is 2.76 bits per heavy atom. The van der Waals surface area contributed by atoms with E-state index in [0.717, 1.165) is 31.6 Å². The molecule has 2 aromatic rings. The Labute approximate surface area is 147 Å². The molecule has 0 aliphatic carbocycles. The number of rotatable bonds is 5. The Morgan fingerprint density at radius 2 is 2.08 bits per heavy atom. The van der Waals surface area contributed by atoms with E-state index in [1.54, 1.807) is 19.3 Å². The average Bonchev–Trinajstić information content (AvgIpc) is 3.11. The summed E-state index contributed by atoms with van der Waals surface area (Å²) in [6.07, 6.45) is 3.68. The van der Waals surface area contributed by atoms with Gasteiger partial charge in [0.05, 0.1) is 11.9 Å². The second-order valence-electron chi connectivity index (χ2n) is 6.54. The minimum Gasteiger partial charge on any atom is -0.370 e. The number of hydrogen-bond acceptors (Lipinski definition) is 4. The highest BCUT2D eigenvalue weighted by atomic mass is 16.1. The summed E-state index contributed by atoms with van der Waals surface area (Å²) in [7, 11) is 1.64. The number of hydrogen-bond donors (Lipinski definition) is 1. The maximum absolute atomic E-state index is 12.3. The van der Waals surface area contributed by atoms with E-state index >= 15 is 0 Å². The summed E-state index contributed by atoms with van der Waals surface area (Å²) in [6, 6.07) is 9.36. The lowest BCUT2D eigenvalue weighted by molar-refractivity contribution is 0.0948. The van der Waals surface area contributed by atoms with Crippen LogP contribution in [0, 0.1) is 5.92 Å². The molecular weight excluding hydrogens is 316 g/mol. The third kappa shape index (κ3) is 4.07. The molecule has 1 atom stereocenters. The lowest BCUT2D eigenvalue weighted by Gasteiger charge is -2.18. The number of nitrogens with one attached hydrogen (secondary N) is 1. The van der Waals surface area contributed by atoms with Gasteiger partial charge in [0.25, 0.3) is 11.5 Å². The second-order valence-corrected chi connectivity index (χ2v) is 6.54. The largest absolute Gasteiger partial charge is 0.370 e. The van der Waals surface area contributed by atoms with Crippen molar-refractivity contribution in [3.63, 3.8) is 0 Å². The van der Waals surface area contributed by atoms with E-state index in [-0.39, 0.29) is 11.5 Å². The number of nitrogens with zero attached hydrogens (tertiary/aromatic N) is 3. The molecule has 0 bridgehead atoms. The normalized spacial score (nSPS) is 16.9. The Morgan fingerprint density at radius 1 is 1.32 bits per heavy atom. The zero-order chi connectivity index (χ0) is 17.8. The van der Waals surface area contributed by atoms with Crippen molar-refractivity contribution >= 4 is 11.6 Å². The van der Waals surface area contributed by atoms with Crippen LogP contribution in [-0.4, -0.2) is 35.3 Å². The minimum absolute atomic E-state index is 0.0312. The Bertz CT molecular complexity index is 798. The number of benzene rings is 1. The predicted molar refractivity (Wildman–Crippen MR) is 98.0 cm³/mol. The SMILES string of the molecule is CCc1ccc(C(=O)NC[C@H]2CCN(c3cnn(C)c(=O)c3)C2)cc1. The number of carbonyl (C=O) groups is 1. The van der Waals surface area contributed by atoms with Gasteiger partial charge in [0.2, 0.25) is 0 Å². The number of amides is 1. The van der Waals surface area contributed by atoms with E-state index in [2.05, 4.69) is 22.2 Å². The van der Waals surface area contributed by atoms with Gasteiger partial charge in [0.1, 0.15) is 0 Å². The Balaban J connectivity index is 1.53. The van der Waals surface area contributed by atoms with Crippen molar-refractivity contribution in [2.45, 2.75) is 19.8 Å². The van der Waals surface area contributed by atoms with Crippen LogP contribution in [0.15, 0.2) is 41.3 Å². The fraction of sp³-hybridized carbons (Fsp3) is 0.421. The van der Waals surface area contributed by atoms with Crippen molar-refractivity contribution in [2.24, 2.45) is 13.0 Å². The van der Waals surface area contributed by atoms with Crippen LogP contribution in [0.25, 0.3) is 0 Å². The molecule has 132 valence electrons. The summed E-state index contributed by atoms with van der Waals surface area (Å²) in [6.45, 7) is 4.44. The molecule has 1 aromatic carbocycles. The highest BCUT2D eigenvalue weighted by Gasteiger charge is 2.23. The average molecular weight is 340 g/mol. The van der Waals surface area contributed by atoms with Gasteiger partial charge in [0, 0.05) is 38.3 Å². The fourth-order valence-corrected chi connectivity index (χ4v) is 3.10. The third-order valence-electron chi connectivity index (χ3n) is 4.78. The molecule has 1 aliphatic rings. The maximum Gasteiger partial charge on any atom is 0.268 e. The van der Waals surface area contributed by atoms with Crippen molar-refractivity contribution in [2.75, 3.05) is 24.5 Å². The van der Waals surface area contributed by atoms with Gasteiger partial charge in [-0.1, -0.05) is 19.1 Å². The van der Waals surface area contributed by atoms with E-state index in [4.69, 9.17) is 0 Å². The van der Waals surface area contributed by atoms with Crippen molar-refractivity contribution in [3.05, 3.63) is 58.0 Å². The summed E-state index contributed by atoms with van der Waals surface area (Å²) in [5, 5.41) is 7.09. The number of anilines is 1. The van der Waals surface area contributed by atoms with Gasteiger partial charge in [-0.15, -0.1) is 0 Å². The first-order chi connectivity index (χ1) is 12.1. The molecule has 2 heterocycles. The molecule has 1 aromatic heterocycles. The Kier molecular flexibility index (Phi) is 5.16. The Hall–Kier alpha value is -2.63. The van der Waals surface area contributed by atoms with Crippen molar-refractivity contribution < 1.29 is 4.79 Å². The fourth-order valence-electron chi connectivity index (χ4n) is 3.10. The van der Waals surface area contributed by atoms with Gasteiger partial charge in [-0.25, -0.2) is 4.68 Å². The summed E-state index contributed by atoms with van der Waals surface area (Å²) in [5.74, 6) is 0.347. The lowest BCUT2D eigenvalue weighted by Crippen LogP contribution is -2.31. The zero-order valence-corrected chi connectivity index (χ0v) is 14.7. The standard InChI is InChI=1S/C19H24N4O2/c1-3-14-4-6-16(7-5-14)19(25)20-11-15-8-9-23(13-15)17-10-18(24)22(2)21-12-17/h4-7,10,12,15H,3,8-9,11,13H2,1-2H3,(H,20,25)/t15-/m1/s1. The molecule has 1 aliphatic heterocycles. The van der Waals surface area contributed by atoms with Crippen LogP contribution in [0.4, 0.5) is 5.69 Å². The molecule has 3 rings (SSSR count). The summed E-state index contributed by atoms with van der Waals surface area (Å²) >= 11 is 0. The van der Waals surface area contributed by atoms with Gasteiger partial charge in [-0.2, -0.15) is 5.10 Å². The molecule has 0 saturated carbocycles. The molecule has 0 spiro atoms. The maximum atomic E-state index is 12.3. The molecule has 0 unspecified atom stereocenters. The minimum atomic E-state index is -0.107. The molecule has 1 fully saturated rings. The van der Waals surface area contributed by atoms with Crippen LogP contribution in [0.1, 0.15) is 29.3 Å². The van der Waals surface area contributed by atoms with Crippen molar-refractivity contribution in [1.29, 1.82) is 0 Å². The van der Waals surface area contributed by atoms with Crippen LogP contribution in [0.2, 0.25) is 0 Å². The monoisotopic (exact) mass is 340 g/mol. The van der Waals surface area contributed by atoms with Gasteiger partial charge in [-0.05, 0) is 36.5 Å². The molecule has 25 heavy (non-hydrogen) atoms. The van der Waals surface area contributed by atoms with E-state index in [1.807, 2.05) is 24.3 Å². The molecule has 1 N–H and O–H groups in total. The van der Waals surface area contributed by atoms with Gasteiger partial charge in [-0.3, -0.25) is 9.59 Å². The molecule has 1 saturated heterocycles. The molecule has 6 heteroatoms. The van der Waals surface area contributed by atoms with Crippen LogP contribution < -0.4 is 15.8 Å². The first-order valence-corrected chi connectivity index (χ1v) is 8.72. The van der Waals surface area contributed by atoms with E-state index in [9.17, 15) is 9.59 Å². The van der Waals surface area contributed by atoms with Gasteiger partial charge in [0.15, 0.2) is 0 Å². The van der Waals surface area contributed by atoms with Crippen LogP contribution in [-0.2, 0) is 13.5 Å². The van der Waals surface area contributed by atoms with E-state index in [0.29, 0.717) is 18.0 Å². The third-order valence-corrected chi connectivity index (χ3v) is 4.78. The zero-order valence-electron chi connectivity index (χ0n) is 14.7. The van der Waals surface area contributed by atoms with E-state index < -0.39 is 0 Å². The van der Waals surface area contributed by atoms with Gasteiger partial charge < -0.3 is 10.2 Å². The predicted octanol–water partition coefficient (Wildman–Crippen LogP) is 1.60. The number of carbonyl (C=O) groups excluding carboxylic acids is 1. The first-order valence-electron chi connectivity index (χ1n) is 8.72. The van der Waals surface area contributed by atoms with Crippen LogP contribution in [0.3, 0.4) is 0 Å². The van der Waals surface area contributed by atoms with E-state index in [1.165, 1.54) is 10.2 Å². The summed E-state index contributed by atoms with van der Waals surface area (Å²) in [4.78, 5) is 26.1. The second kappa shape index (κ2) is 7.51.